The number of carbonyl (C=O) groups is 2. The fourth-order valence-corrected chi connectivity index (χ4v) is 0.871. The molecule has 1 heterocycles. The number of amides is 2. The minimum Gasteiger partial charge on any atom is -0.329 e. The van der Waals surface area contributed by atoms with Crippen LogP contribution in [-0.4, -0.2) is 29.8 Å². The van der Waals surface area contributed by atoms with Crippen LogP contribution in [0.5, 0.6) is 0 Å². The SMILES string of the molecule is C=C1NC(=O)[C@H](C)N(C)C1=O. The van der Waals surface area contributed by atoms with Gasteiger partial charge in [-0.2, -0.15) is 0 Å². The Morgan fingerprint density at radius 3 is 2.64 bits per heavy atom. The van der Waals surface area contributed by atoms with Crippen molar-refractivity contribution in [3.63, 3.8) is 0 Å². The lowest BCUT2D eigenvalue weighted by Gasteiger charge is -2.29. The Labute approximate surface area is 64.9 Å². The highest BCUT2D eigenvalue weighted by atomic mass is 16.2. The maximum absolute atomic E-state index is 11.1. The number of nitrogens with one attached hydrogen (secondary N) is 1. The van der Waals surface area contributed by atoms with Gasteiger partial charge in [0.1, 0.15) is 6.04 Å². The number of likely N-dealkylation sites (N-methyl/N-ethyl adjacent to an activating group) is 1. The van der Waals surface area contributed by atoms with Crippen molar-refractivity contribution in [1.82, 2.24) is 10.2 Å². The molecule has 1 N–H and O–H groups in total. The molecule has 1 aliphatic heterocycles. The minimum atomic E-state index is -0.395. The molecule has 0 radical (unpaired) electrons. The van der Waals surface area contributed by atoms with Gasteiger partial charge in [-0.1, -0.05) is 6.58 Å². The summed E-state index contributed by atoms with van der Waals surface area (Å²) in [6, 6.07) is -0.395. The highest BCUT2D eigenvalue weighted by Gasteiger charge is 2.30. The molecule has 0 bridgehead atoms. The molecule has 4 heteroatoms. The topological polar surface area (TPSA) is 49.4 Å². The standard InChI is InChI=1S/C7H10N2O2/c1-4-7(11)9(3)5(2)6(10)8-4/h5H,1H2,2-3H3,(H,8,10)/t5-/m0/s1. The zero-order chi connectivity index (χ0) is 8.59. The molecule has 1 saturated heterocycles. The van der Waals surface area contributed by atoms with Crippen LogP contribution in [-0.2, 0) is 9.59 Å². The van der Waals surface area contributed by atoms with E-state index in [2.05, 4.69) is 11.9 Å². The van der Waals surface area contributed by atoms with Gasteiger partial charge in [-0.3, -0.25) is 9.59 Å². The molecule has 0 spiro atoms. The van der Waals surface area contributed by atoms with Crippen LogP contribution in [0.2, 0.25) is 0 Å². The van der Waals surface area contributed by atoms with Crippen molar-refractivity contribution in [2.45, 2.75) is 13.0 Å². The van der Waals surface area contributed by atoms with E-state index in [1.165, 1.54) is 4.90 Å². The summed E-state index contributed by atoms with van der Waals surface area (Å²) in [6.07, 6.45) is 0. The smallest absolute Gasteiger partial charge is 0.270 e. The third-order valence-electron chi connectivity index (χ3n) is 1.81. The third-order valence-corrected chi connectivity index (χ3v) is 1.81. The van der Waals surface area contributed by atoms with Gasteiger partial charge in [0.05, 0.1) is 5.70 Å². The first-order valence-corrected chi connectivity index (χ1v) is 3.31. The highest BCUT2D eigenvalue weighted by Crippen LogP contribution is 2.06. The Morgan fingerprint density at radius 1 is 1.55 bits per heavy atom. The molecule has 60 valence electrons. The van der Waals surface area contributed by atoms with Crippen LogP contribution >= 0.6 is 0 Å². The zero-order valence-corrected chi connectivity index (χ0v) is 6.55. The average Bonchev–Trinajstić information content (AvgIpc) is 1.97. The molecular formula is C7H10N2O2. The van der Waals surface area contributed by atoms with Gasteiger partial charge in [-0.25, -0.2) is 0 Å². The Hall–Kier alpha value is -1.32. The van der Waals surface area contributed by atoms with Gasteiger partial charge >= 0.3 is 0 Å². The second-order valence-corrected chi connectivity index (χ2v) is 2.56. The van der Waals surface area contributed by atoms with Crippen molar-refractivity contribution in [2.75, 3.05) is 7.05 Å². The van der Waals surface area contributed by atoms with Gasteiger partial charge in [0, 0.05) is 7.05 Å². The molecule has 1 aliphatic rings. The van der Waals surface area contributed by atoms with Crippen molar-refractivity contribution < 1.29 is 9.59 Å². The second-order valence-electron chi connectivity index (χ2n) is 2.56. The fourth-order valence-electron chi connectivity index (χ4n) is 0.871. The second kappa shape index (κ2) is 2.38. The molecule has 0 aromatic heterocycles. The molecule has 0 unspecified atom stereocenters. The predicted molar refractivity (Wildman–Crippen MR) is 39.5 cm³/mol. The quantitative estimate of drug-likeness (QED) is 0.477. The van der Waals surface area contributed by atoms with Crippen LogP contribution < -0.4 is 5.32 Å². The van der Waals surface area contributed by atoms with Gasteiger partial charge < -0.3 is 10.2 Å². The summed E-state index contributed by atoms with van der Waals surface area (Å²) in [4.78, 5) is 23.4. The van der Waals surface area contributed by atoms with E-state index >= 15 is 0 Å². The first-order valence-electron chi connectivity index (χ1n) is 3.31. The minimum absolute atomic E-state index is 0.149. The first kappa shape index (κ1) is 7.78. The lowest BCUT2D eigenvalue weighted by atomic mass is 10.2. The normalized spacial score (nSPS) is 25.5. The van der Waals surface area contributed by atoms with E-state index in [4.69, 9.17) is 0 Å². The zero-order valence-electron chi connectivity index (χ0n) is 6.55. The average molecular weight is 154 g/mol. The van der Waals surface area contributed by atoms with Gasteiger partial charge in [-0.15, -0.1) is 0 Å². The molecule has 1 rings (SSSR count). The lowest BCUT2D eigenvalue weighted by Crippen LogP contribution is -2.53. The number of hydrogen-bond acceptors (Lipinski definition) is 2. The Balaban J connectivity index is 2.87. The van der Waals surface area contributed by atoms with Gasteiger partial charge in [0.15, 0.2) is 0 Å². The number of nitrogens with zero attached hydrogens (tertiary/aromatic N) is 1. The number of rotatable bonds is 0. The molecule has 0 aromatic rings. The molecule has 0 saturated carbocycles. The van der Waals surface area contributed by atoms with E-state index < -0.39 is 6.04 Å². The van der Waals surface area contributed by atoms with Crippen LogP contribution in [0.4, 0.5) is 0 Å². The summed E-state index contributed by atoms with van der Waals surface area (Å²) >= 11 is 0. The Morgan fingerprint density at radius 2 is 2.09 bits per heavy atom. The van der Waals surface area contributed by atoms with Crippen molar-refractivity contribution in [2.24, 2.45) is 0 Å². The highest BCUT2D eigenvalue weighted by molar-refractivity contribution is 6.03. The molecule has 1 fully saturated rings. The molecule has 2 amide bonds. The molecule has 4 nitrogen and oxygen atoms in total. The molecule has 1 atom stereocenters. The number of carbonyl (C=O) groups excluding carboxylic acids is 2. The number of hydrogen-bond donors (Lipinski definition) is 1. The summed E-state index contributed by atoms with van der Waals surface area (Å²) in [5.41, 5.74) is 0.149. The van der Waals surface area contributed by atoms with Gasteiger partial charge in [0.2, 0.25) is 5.91 Å². The van der Waals surface area contributed by atoms with E-state index in [1.54, 1.807) is 14.0 Å². The maximum Gasteiger partial charge on any atom is 0.270 e. The van der Waals surface area contributed by atoms with Crippen LogP contribution in [0.15, 0.2) is 12.3 Å². The van der Waals surface area contributed by atoms with E-state index in [9.17, 15) is 9.59 Å². The van der Waals surface area contributed by atoms with E-state index in [1.807, 2.05) is 0 Å². The van der Waals surface area contributed by atoms with Crippen molar-refractivity contribution >= 4 is 11.8 Å². The summed E-state index contributed by atoms with van der Waals surface area (Å²) < 4.78 is 0. The summed E-state index contributed by atoms with van der Waals surface area (Å²) in [6.45, 7) is 5.07. The predicted octanol–water partition coefficient (Wildman–Crippen LogP) is -0.523. The third kappa shape index (κ3) is 1.11. The molecule has 11 heavy (non-hydrogen) atoms. The molecule has 0 aliphatic carbocycles. The first-order chi connectivity index (χ1) is 5.04. The van der Waals surface area contributed by atoms with Crippen molar-refractivity contribution in [1.29, 1.82) is 0 Å². The van der Waals surface area contributed by atoms with Gasteiger partial charge in [-0.05, 0) is 6.92 Å². The number of piperazine rings is 1. The van der Waals surface area contributed by atoms with Crippen molar-refractivity contribution in [3.8, 4) is 0 Å². The van der Waals surface area contributed by atoms with Crippen LogP contribution in [0, 0.1) is 0 Å². The lowest BCUT2D eigenvalue weighted by molar-refractivity contribution is -0.140. The van der Waals surface area contributed by atoms with Crippen molar-refractivity contribution in [3.05, 3.63) is 12.3 Å². The van der Waals surface area contributed by atoms with Crippen LogP contribution in [0.25, 0.3) is 0 Å². The molecule has 0 aromatic carbocycles. The maximum atomic E-state index is 11.1. The summed E-state index contributed by atoms with van der Waals surface area (Å²) in [5.74, 6) is -0.408. The summed E-state index contributed by atoms with van der Waals surface area (Å²) in [7, 11) is 1.58. The van der Waals surface area contributed by atoms with E-state index in [0.29, 0.717) is 0 Å². The van der Waals surface area contributed by atoms with E-state index in [0.717, 1.165) is 0 Å². The monoisotopic (exact) mass is 154 g/mol. The van der Waals surface area contributed by atoms with Crippen LogP contribution in [0.3, 0.4) is 0 Å². The summed E-state index contributed by atoms with van der Waals surface area (Å²) in [5, 5.41) is 2.38. The largest absolute Gasteiger partial charge is 0.329 e. The van der Waals surface area contributed by atoms with Gasteiger partial charge in [0.25, 0.3) is 5.91 Å². The molecular weight excluding hydrogens is 144 g/mol. The van der Waals surface area contributed by atoms with Crippen LogP contribution in [0.1, 0.15) is 6.92 Å². The Kier molecular flexibility index (Phi) is 1.68. The Bertz CT molecular complexity index is 235. The fraction of sp³-hybridized carbons (Fsp3) is 0.429. The van der Waals surface area contributed by atoms with E-state index in [-0.39, 0.29) is 17.5 Å².